The highest BCUT2D eigenvalue weighted by Gasteiger charge is 2.18. The summed E-state index contributed by atoms with van der Waals surface area (Å²) in [6, 6.07) is 8.46. The predicted molar refractivity (Wildman–Crippen MR) is 70.8 cm³/mol. The number of para-hydroxylation sites is 1. The number of allylic oxidation sites excluding steroid dienone is 1. The molecule has 1 aromatic heterocycles. The van der Waals surface area contributed by atoms with Crippen molar-refractivity contribution in [1.29, 1.82) is 0 Å². The van der Waals surface area contributed by atoms with Crippen LogP contribution in [-0.2, 0) is 6.54 Å². The molecule has 19 heavy (non-hydrogen) atoms. The topological polar surface area (TPSA) is 66.0 Å². The Kier molecular flexibility index (Phi) is 3.33. The summed E-state index contributed by atoms with van der Waals surface area (Å²) in [6.07, 6.45) is 1.45. The summed E-state index contributed by atoms with van der Waals surface area (Å²) in [4.78, 5) is 35.9. The van der Waals surface area contributed by atoms with Crippen LogP contribution in [0.3, 0.4) is 0 Å². The lowest BCUT2D eigenvalue weighted by molar-refractivity contribution is 0.0898. The molecule has 0 radical (unpaired) electrons. The highest BCUT2D eigenvalue weighted by molar-refractivity contribution is 5.74. The molecule has 6 nitrogen and oxygen atoms in total. The Balaban J connectivity index is 2.81. The number of aromatic nitrogens is 3. The molecule has 0 amide bonds. The predicted octanol–water partition coefficient (Wildman–Crippen LogP) is 0.647. The van der Waals surface area contributed by atoms with E-state index in [4.69, 9.17) is 0 Å². The number of carbonyl (C=O) groups excluding carboxylic acids is 1. The Morgan fingerprint density at radius 2 is 1.84 bits per heavy atom. The van der Waals surface area contributed by atoms with Gasteiger partial charge in [-0.15, -0.1) is 6.58 Å². The molecule has 0 aliphatic rings. The molecule has 0 aliphatic carbocycles. The Morgan fingerprint density at radius 3 is 2.37 bits per heavy atom. The minimum Gasteiger partial charge on any atom is -0.273 e. The van der Waals surface area contributed by atoms with Crippen molar-refractivity contribution in [2.75, 3.05) is 0 Å². The molecule has 0 saturated carbocycles. The second kappa shape index (κ2) is 4.93. The molecule has 98 valence electrons. The van der Waals surface area contributed by atoms with E-state index in [0.29, 0.717) is 5.69 Å². The quantitative estimate of drug-likeness (QED) is 0.760. The Labute approximate surface area is 108 Å². The molecule has 0 bridgehead atoms. The van der Waals surface area contributed by atoms with Crippen LogP contribution in [-0.4, -0.2) is 19.8 Å². The van der Waals surface area contributed by atoms with Crippen LogP contribution in [0.15, 0.2) is 52.6 Å². The Bertz CT molecular complexity index is 735. The van der Waals surface area contributed by atoms with Crippen molar-refractivity contribution in [2.45, 2.75) is 13.5 Å². The molecule has 0 spiro atoms. The molecular weight excluding hydrogens is 246 g/mol. The molecular formula is C13H13N3O3. The number of benzene rings is 1. The standard InChI is InChI=1S/C13H13N3O3/c1-3-9-14-12(18)15(11-7-5-4-6-8-11)13(19)16(14)10(2)17/h3-8H,1,9H2,2H3. The van der Waals surface area contributed by atoms with Gasteiger partial charge in [0.1, 0.15) is 0 Å². The summed E-state index contributed by atoms with van der Waals surface area (Å²) in [5.41, 5.74) is -0.813. The van der Waals surface area contributed by atoms with E-state index in [9.17, 15) is 14.4 Å². The van der Waals surface area contributed by atoms with Crippen LogP contribution in [0.4, 0.5) is 0 Å². The van der Waals surface area contributed by atoms with Crippen LogP contribution >= 0.6 is 0 Å². The van der Waals surface area contributed by atoms with Crippen molar-refractivity contribution in [3.05, 3.63) is 64.0 Å². The largest absolute Gasteiger partial charge is 0.359 e. The normalized spacial score (nSPS) is 10.4. The molecule has 1 heterocycles. The molecule has 1 aromatic carbocycles. The van der Waals surface area contributed by atoms with Gasteiger partial charge in [-0.2, -0.15) is 4.68 Å². The number of rotatable bonds is 3. The molecule has 0 fully saturated rings. The van der Waals surface area contributed by atoms with E-state index in [2.05, 4.69) is 6.58 Å². The molecule has 2 aromatic rings. The maximum atomic E-state index is 12.2. The lowest BCUT2D eigenvalue weighted by Gasteiger charge is -2.01. The molecule has 2 rings (SSSR count). The van der Waals surface area contributed by atoms with Gasteiger partial charge < -0.3 is 0 Å². The van der Waals surface area contributed by atoms with Crippen molar-refractivity contribution in [3.63, 3.8) is 0 Å². The summed E-state index contributed by atoms with van der Waals surface area (Å²) < 4.78 is 2.84. The minimum atomic E-state index is -0.675. The van der Waals surface area contributed by atoms with Gasteiger partial charge >= 0.3 is 11.4 Å². The van der Waals surface area contributed by atoms with Crippen molar-refractivity contribution in [2.24, 2.45) is 0 Å². The maximum Gasteiger partial charge on any atom is 0.359 e. The third-order valence-electron chi connectivity index (χ3n) is 2.64. The Hall–Kier alpha value is -2.63. The zero-order chi connectivity index (χ0) is 14.0. The molecule has 6 heteroatoms. The highest BCUT2D eigenvalue weighted by Crippen LogP contribution is 2.01. The molecule has 0 aliphatic heterocycles. The SMILES string of the molecule is C=CCn1c(=O)n(-c2ccccc2)c(=O)n1C(C)=O. The van der Waals surface area contributed by atoms with Crippen molar-refractivity contribution < 1.29 is 4.79 Å². The van der Waals surface area contributed by atoms with Gasteiger partial charge in [0, 0.05) is 6.92 Å². The fraction of sp³-hybridized carbons (Fsp3) is 0.154. The zero-order valence-electron chi connectivity index (χ0n) is 10.4. The van der Waals surface area contributed by atoms with Gasteiger partial charge in [0.05, 0.1) is 12.2 Å². The van der Waals surface area contributed by atoms with Gasteiger partial charge in [-0.05, 0) is 12.1 Å². The van der Waals surface area contributed by atoms with Crippen LogP contribution in [0.1, 0.15) is 11.7 Å². The highest BCUT2D eigenvalue weighted by atomic mass is 16.2. The number of hydrogen-bond donors (Lipinski definition) is 0. The van der Waals surface area contributed by atoms with Crippen molar-refractivity contribution in [1.82, 2.24) is 13.9 Å². The van der Waals surface area contributed by atoms with Gasteiger partial charge in [-0.3, -0.25) is 4.79 Å². The second-order valence-electron chi connectivity index (χ2n) is 3.94. The third-order valence-corrected chi connectivity index (χ3v) is 2.64. The van der Waals surface area contributed by atoms with Crippen LogP contribution in [0.2, 0.25) is 0 Å². The Morgan fingerprint density at radius 1 is 1.21 bits per heavy atom. The van der Waals surface area contributed by atoms with E-state index >= 15 is 0 Å². The monoisotopic (exact) mass is 259 g/mol. The summed E-state index contributed by atoms with van der Waals surface area (Å²) in [6.45, 7) is 4.84. The van der Waals surface area contributed by atoms with E-state index in [1.165, 1.54) is 13.0 Å². The maximum absolute atomic E-state index is 12.2. The van der Waals surface area contributed by atoms with E-state index in [0.717, 1.165) is 13.9 Å². The smallest absolute Gasteiger partial charge is 0.273 e. The summed E-state index contributed by atoms with van der Waals surface area (Å²) in [5.74, 6) is -0.515. The second-order valence-corrected chi connectivity index (χ2v) is 3.94. The zero-order valence-corrected chi connectivity index (χ0v) is 10.4. The van der Waals surface area contributed by atoms with Crippen LogP contribution in [0.25, 0.3) is 5.69 Å². The lowest BCUT2D eigenvalue weighted by Crippen LogP contribution is -2.30. The van der Waals surface area contributed by atoms with E-state index in [1.807, 2.05) is 0 Å². The number of carbonyl (C=O) groups is 1. The van der Waals surface area contributed by atoms with Gasteiger partial charge in [-0.25, -0.2) is 18.8 Å². The fourth-order valence-electron chi connectivity index (χ4n) is 1.87. The first-order valence-electron chi connectivity index (χ1n) is 5.70. The summed E-state index contributed by atoms with van der Waals surface area (Å²) in [5, 5.41) is 0. The fourth-order valence-corrected chi connectivity index (χ4v) is 1.87. The third kappa shape index (κ3) is 2.08. The van der Waals surface area contributed by atoms with Gasteiger partial charge in [0.25, 0.3) is 0 Å². The first kappa shape index (κ1) is 12.8. The van der Waals surface area contributed by atoms with Crippen molar-refractivity contribution in [3.8, 4) is 5.69 Å². The van der Waals surface area contributed by atoms with E-state index in [1.54, 1.807) is 30.3 Å². The minimum absolute atomic E-state index is 0.0908. The van der Waals surface area contributed by atoms with Crippen molar-refractivity contribution >= 4 is 5.91 Å². The number of nitrogens with zero attached hydrogens (tertiary/aromatic N) is 3. The van der Waals surface area contributed by atoms with E-state index < -0.39 is 17.3 Å². The van der Waals surface area contributed by atoms with E-state index in [-0.39, 0.29) is 6.54 Å². The van der Waals surface area contributed by atoms with Gasteiger partial charge in [-0.1, -0.05) is 24.3 Å². The van der Waals surface area contributed by atoms with Crippen LogP contribution in [0, 0.1) is 0 Å². The summed E-state index contributed by atoms with van der Waals surface area (Å²) >= 11 is 0. The first-order chi connectivity index (χ1) is 9.07. The average molecular weight is 259 g/mol. The number of hydrogen-bond acceptors (Lipinski definition) is 3. The van der Waals surface area contributed by atoms with Crippen LogP contribution < -0.4 is 11.4 Å². The summed E-state index contributed by atoms with van der Waals surface area (Å²) in [7, 11) is 0. The van der Waals surface area contributed by atoms with Crippen LogP contribution in [0.5, 0.6) is 0 Å². The molecule has 0 N–H and O–H groups in total. The molecule has 0 unspecified atom stereocenters. The molecule has 0 atom stereocenters. The molecule has 0 saturated heterocycles. The first-order valence-corrected chi connectivity index (χ1v) is 5.70. The average Bonchev–Trinajstić information content (AvgIpc) is 2.63. The van der Waals surface area contributed by atoms with Gasteiger partial charge in [0.15, 0.2) is 0 Å². The van der Waals surface area contributed by atoms with Gasteiger partial charge in [0.2, 0.25) is 5.91 Å². The lowest BCUT2D eigenvalue weighted by atomic mass is 10.3.